The van der Waals surface area contributed by atoms with Gasteiger partial charge in [-0.1, -0.05) is 0 Å². The molecule has 0 radical (unpaired) electrons. The van der Waals surface area contributed by atoms with Crippen molar-refractivity contribution in [3.8, 4) is 0 Å². The first-order chi connectivity index (χ1) is 11.1. The van der Waals surface area contributed by atoms with E-state index in [0.29, 0.717) is 25.2 Å². The molecule has 1 amide bonds. The number of carbonyl (C=O) groups excluding carboxylic acids is 2. The van der Waals surface area contributed by atoms with E-state index in [-0.39, 0.29) is 18.1 Å². The van der Waals surface area contributed by atoms with Gasteiger partial charge in [0.2, 0.25) is 5.91 Å². The molecule has 2 heterocycles. The normalized spacial score (nSPS) is 18.2. The van der Waals surface area contributed by atoms with E-state index in [2.05, 4.69) is 10.3 Å². The summed E-state index contributed by atoms with van der Waals surface area (Å²) in [4.78, 5) is 29.0. The van der Waals surface area contributed by atoms with Gasteiger partial charge in [0.25, 0.3) is 0 Å². The molecule has 0 bridgehead atoms. The van der Waals surface area contributed by atoms with Gasteiger partial charge in [-0.15, -0.1) is 0 Å². The van der Waals surface area contributed by atoms with E-state index in [9.17, 15) is 14.0 Å². The smallest absolute Gasteiger partial charge is 0.329 e. The lowest BCUT2D eigenvalue weighted by molar-refractivity contribution is -0.153. The quantitative estimate of drug-likeness (QED) is 0.822. The molecule has 1 aromatic heterocycles. The lowest BCUT2D eigenvalue weighted by Gasteiger charge is -2.34. The van der Waals surface area contributed by atoms with Gasteiger partial charge in [0, 0.05) is 36.7 Å². The largest absolute Gasteiger partial charge is 0.467 e. The van der Waals surface area contributed by atoms with Crippen LogP contribution in [0.5, 0.6) is 0 Å². The molecular formula is C16H18FN3O3. The van der Waals surface area contributed by atoms with Crippen molar-refractivity contribution in [1.82, 2.24) is 15.2 Å². The minimum Gasteiger partial charge on any atom is -0.467 e. The summed E-state index contributed by atoms with van der Waals surface area (Å²) in [6.07, 6.45) is 1.86. The highest BCUT2D eigenvalue weighted by molar-refractivity contribution is 5.91. The third-order valence-electron chi connectivity index (χ3n) is 4.11. The molecule has 122 valence electrons. The van der Waals surface area contributed by atoms with E-state index in [1.54, 1.807) is 17.2 Å². The first-order valence-electron chi connectivity index (χ1n) is 7.43. The topological polar surface area (TPSA) is 74.4 Å². The van der Waals surface area contributed by atoms with E-state index in [0.717, 1.165) is 10.9 Å². The Kier molecular flexibility index (Phi) is 4.29. The van der Waals surface area contributed by atoms with Gasteiger partial charge in [0.1, 0.15) is 11.9 Å². The van der Waals surface area contributed by atoms with Crippen LogP contribution in [-0.2, 0) is 20.7 Å². The predicted octanol–water partition coefficient (Wildman–Crippen LogP) is 0.823. The van der Waals surface area contributed by atoms with E-state index in [4.69, 9.17) is 4.74 Å². The van der Waals surface area contributed by atoms with Crippen LogP contribution in [0.4, 0.5) is 4.39 Å². The van der Waals surface area contributed by atoms with Crippen LogP contribution in [0.2, 0.25) is 0 Å². The highest BCUT2D eigenvalue weighted by Gasteiger charge is 2.32. The number of amides is 1. The fourth-order valence-electron chi connectivity index (χ4n) is 2.92. The maximum atomic E-state index is 13.2. The molecule has 1 fully saturated rings. The number of rotatable bonds is 3. The van der Waals surface area contributed by atoms with Crippen LogP contribution in [0.15, 0.2) is 24.4 Å². The van der Waals surface area contributed by atoms with Crippen molar-refractivity contribution in [2.24, 2.45) is 0 Å². The summed E-state index contributed by atoms with van der Waals surface area (Å²) >= 11 is 0. The molecule has 2 N–H and O–H groups in total. The van der Waals surface area contributed by atoms with Crippen molar-refractivity contribution in [2.45, 2.75) is 12.5 Å². The Morgan fingerprint density at radius 3 is 3.04 bits per heavy atom. The molecule has 0 saturated carbocycles. The SMILES string of the molecule is COC(=O)[C@H]1CNCCN1C(=O)Cc1c[nH]c2cc(F)ccc12. The molecular weight excluding hydrogens is 301 g/mol. The van der Waals surface area contributed by atoms with Crippen molar-refractivity contribution in [3.63, 3.8) is 0 Å². The maximum absolute atomic E-state index is 13.2. The number of carbonyl (C=O) groups is 2. The van der Waals surface area contributed by atoms with Crippen LogP contribution in [0.1, 0.15) is 5.56 Å². The summed E-state index contributed by atoms with van der Waals surface area (Å²) in [6, 6.07) is 3.81. The van der Waals surface area contributed by atoms with Crippen molar-refractivity contribution < 1.29 is 18.7 Å². The van der Waals surface area contributed by atoms with Gasteiger partial charge in [-0.3, -0.25) is 4.79 Å². The number of benzene rings is 1. The van der Waals surface area contributed by atoms with Crippen LogP contribution in [0, 0.1) is 5.82 Å². The molecule has 1 saturated heterocycles. The third-order valence-corrected chi connectivity index (χ3v) is 4.11. The molecule has 2 aromatic rings. The molecule has 0 spiro atoms. The van der Waals surface area contributed by atoms with Crippen LogP contribution < -0.4 is 5.32 Å². The standard InChI is InChI=1S/C16H18FN3O3/c1-23-16(22)14-9-18-4-5-20(14)15(21)6-10-8-19-13-7-11(17)2-3-12(10)13/h2-3,7-8,14,18-19H,4-6,9H2,1H3/t14-/m1/s1. The zero-order valence-electron chi connectivity index (χ0n) is 12.8. The van der Waals surface area contributed by atoms with Gasteiger partial charge in [-0.25, -0.2) is 9.18 Å². The van der Waals surface area contributed by atoms with E-state index < -0.39 is 12.0 Å². The number of esters is 1. The Morgan fingerprint density at radius 1 is 1.43 bits per heavy atom. The molecule has 1 aliphatic rings. The number of aromatic amines is 1. The first-order valence-corrected chi connectivity index (χ1v) is 7.43. The van der Waals surface area contributed by atoms with Crippen LogP contribution in [-0.4, -0.2) is 54.5 Å². The Balaban J connectivity index is 1.80. The molecule has 1 atom stereocenters. The number of piperazine rings is 1. The number of methoxy groups -OCH3 is 1. The molecule has 23 heavy (non-hydrogen) atoms. The lowest BCUT2D eigenvalue weighted by Crippen LogP contribution is -2.57. The fraction of sp³-hybridized carbons (Fsp3) is 0.375. The molecule has 0 unspecified atom stereocenters. The van der Waals surface area contributed by atoms with Gasteiger partial charge >= 0.3 is 5.97 Å². The van der Waals surface area contributed by atoms with Gasteiger partial charge in [-0.05, 0) is 23.8 Å². The van der Waals surface area contributed by atoms with Crippen molar-refractivity contribution >= 4 is 22.8 Å². The van der Waals surface area contributed by atoms with Gasteiger partial charge in [-0.2, -0.15) is 0 Å². The van der Waals surface area contributed by atoms with Gasteiger partial charge in [0.15, 0.2) is 0 Å². The Hall–Kier alpha value is -2.41. The summed E-state index contributed by atoms with van der Waals surface area (Å²) in [6.45, 7) is 1.48. The van der Waals surface area contributed by atoms with Crippen molar-refractivity contribution in [3.05, 3.63) is 35.8 Å². The average Bonchev–Trinajstić information content (AvgIpc) is 2.96. The molecule has 1 aromatic carbocycles. The number of H-pyrrole nitrogens is 1. The molecule has 1 aliphatic heterocycles. The van der Waals surface area contributed by atoms with Crippen molar-refractivity contribution in [2.75, 3.05) is 26.7 Å². The monoisotopic (exact) mass is 319 g/mol. The second-order valence-electron chi connectivity index (χ2n) is 5.51. The number of nitrogens with zero attached hydrogens (tertiary/aromatic N) is 1. The van der Waals surface area contributed by atoms with Gasteiger partial charge in [0.05, 0.1) is 13.5 Å². The molecule has 3 rings (SSSR count). The first kappa shape index (κ1) is 15.5. The lowest BCUT2D eigenvalue weighted by atomic mass is 10.1. The predicted molar refractivity (Wildman–Crippen MR) is 82.3 cm³/mol. The highest BCUT2D eigenvalue weighted by atomic mass is 19.1. The minimum atomic E-state index is -0.607. The fourth-order valence-corrected chi connectivity index (χ4v) is 2.92. The summed E-state index contributed by atoms with van der Waals surface area (Å²) in [5, 5.41) is 3.90. The summed E-state index contributed by atoms with van der Waals surface area (Å²) < 4.78 is 18.0. The zero-order chi connectivity index (χ0) is 16.4. The average molecular weight is 319 g/mol. The van der Waals surface area contributed by atoms with E-state index in [1.165, 1.54) is 19.2 Å². The zero-order valence-corrected chi connectivity index (χ0v) is 12.8. The molecule has 7 heteroatoms. The van der Waals surface area contributed by atoms with Gasteiger partial charge < -0.3 is 19.9 Å². The maximum Gasteiger partial charge on any atom is 0.329 e. The number of hydrogen-bond donors (Lipinski definition) is 2. The van der Waals surface area contributed by atoms with Crippen LogP contribution in [0.25, 0.3) is 10.9 Å². The molecule has 0 aliphatic carbocycles. The minimum absolute atomic E-state index is 0.146. The molecule has 6 nitrogen and oxygen atoms in total. The Bertz CT molecular complexity index is 743. The summed E-state index contributed by atoms with van der Waals surface area (Å²) in [7, 11) is 1.31. The summed E-state index contributed by atoms with van der Waals surface area (Å²) in [5.41, 5.74) is 1.43. The second kappa shape index (κ2) is 6.37. The summed E-state index contributed by atoms with van der Waals surface area (Å²) in [5.74, 6) is -0.899. The number of nitrogens with one attached hydrogen (secondary N) is 2. The van der Waals surface area contributed by atoms with E-state index in [1.807, 2.05) is 0 Å². The number of aromatic nitrogens is 1. The Morgan fingerprint density at radius 2 is 2.26 bits per heavy atom. The van der Waals surface area contributed by atoms with Crippen LogP contribution >= 0.6 is 0 Å². The number of halogens is 1. The Labute approximate surface area is 132 Å². The van der Waals surface area contributed by atoms with Crippen LogP contribution in [0.3, 0.4) is 0 Å². The number of fused-ring (bicyclic) bond motifs is 1. The third kappa shape index (κ3) is 3.05. The number of ether oxygens (including phenoxy) is 1. The highest BCUT2D eigenvalue weighted by Crippen LogP contribution is 2.21. The second-order valence-corrected chi connectivity index (χ2v) is 5.51. The van der Waals surface area contributed by atoms with E-state index >= 15 is 0 Å². The number of hydrogen-bond acceptors (Lipinski definition) is 4. The van der Waals surface area contributed by atoms with Crippen molar-refractivity contribution in [1.29, 1.82) is 0 Å².